The summed E-state index contributed by atoms with van der Waals surface area (Å²) in [5.41, 5.74) is 2.59. The van der Waals surface area contributed by atoms with Crippen LogP contribution in [0.2, 0.25) is 0 Å². The maximum Gasteiger partial charge on any atom is 0.0367 e. The third kappa shape index (κ3) is 4.16. The molecule has 1 saturated carbocycles. The van der Waals surface area contributed by atoms with Crippen LogP contribution in [0.1, 0.15) is 46.5 Å². The highest BCUT2D eigenvalue weighted by Gasteiger charge is 2.17. The summed E-state index contributed by atoms with van der Waals surface area (Å²) in [7, 11) is 0. The Labute approximate surface area is 124 Å². The fraction of sp³-hybridized carbons (Fsp3) is 0.667. The predicted molar refractivity (Wildman–Crippen MR) is 89.6 cm³/mol. The number of benzene rings is 1. The standard InChI is InChI=1S/C18H30N2/c1-4-20(5-2)18-12-10-17(11-13-18)19-14-16-8-6-15(3)7-9-16/h10-13,15-16,19H,4-9,14H2,1-3H3. The van der Waals surface area contributed by atoms with Crippen LogP contribution in [0.4, 0.5) is 11.4 Å². The molecule has 1 fully saturated rings. The van der Waals surface area contributed by atoms with Gasteiger partial charge in [0.2, 0.25) is 0 Å². The zero-order chi connectivity index (χ0) is 14.4. The second kappa shape index (κ2) is 7.56. The molecule has 1 aliphatic rings. The summed E-state index contributed by atoms with van der Waals surface area (Å²) < 4.78 is 0. The number of nitrogens with zero attached hydrogens (tertiary/aromatic N) is 1. The van der Waals surface area contributed by atoms with Gasteiger partial charge < -0.3 is 10.2 Å². The monoisotopic (exact) mass is 274 g/mol. The minimum absolute atomic E-state index is 0.869. The number of hydrogen-bond donors (Lipinski definition) is 1. The molecule has 2 rings (SSSR count). The predicted octanol–water partition coefficient (Wildman–Crippen LogP) is 4.77. The molecule has 0 aliphatic heterocycles. The smallest absolute Gasteiger partial charge is 0.0367 e. The van der Waals surface area contributed by atoms with Crippen molar-refractivity contribution < 1.29 is 0 Å². The maximum absolute atomic E-state index is 3.61. The van der Waals surface area contributed by atoms with E-state index in [1.54, 1.807) is 0 Å². The van der Waals surface area contributed by atoms with Crippen molar-refractivity contribution >= 4 is 11.4 Å². The Kier molecular flexibility index (Phi) is 5.75. The fourth-order valence-electron chi connectivity index (χ4n) is 3.17. The average Bonchev–Trinajstić information content (AvgIpc) is 2.49. The van der Waals surface area contributed by atoms with E-state index in [1.807, 2.05) is 0 Å². The molecule has 0 heterocycles. The normalized spacial score (nSPS) is 22.6. The van der Waals surface area contributed by atoms with Gasteiger partial charge in [0.1, 0.15) is 0 Å². The van der Waals surface area contributed by atoms with Crippen LogP contribution in [0.5, 0.6) is 0 Å². The van der Waals surface area contributed by atoms with E-state index in [1.165, 1.54) is 37.1 Å². The van der Waals surface area contributed by atoms with E-state index >= 15 is 0 Å². The van der Waals surface area contributed by atoms with Crippen LogP contribution in [0.15, 0.2) is 24.3 Å². The first-order valence-electron chi connectivity index (χ1n) is 8.31. The molecule has 1 aromatic rings. The van der Waals surface area contributed by atoms with Gasteiger partial charge in [0.25, 0.3) is 0 Å². The van der Waals surface area contributed by atoms with Crippen LogP contribution in [-0.4, -0.2) is 19.6 Å². The molecule has 20 heavy (non-hydrogen) atoms. The van der Waals surface area contributed by atoms with E-state index < -0.39 is 0 Å². The van der Waals surface area contributed by atoms with Crippen molar-refractivity contribution in [2.45, 2.75) is 46.5 Å². The molecule has 0 atom stereocenters. The second-order valence-electron chi connectivity index (χ2n) is 6.23. The SMILES string of the molecule is CCN(CC)c1ccc(NCC2CCC(C)CC2)cc1. The van der Waals surface area contributed by atoms with Crippen molar-refractivity contribution in [1.29, 1.82) is 0 Å². The number of rotatable bonds is 6. The highest BCUT2D eigenvalue weighted by atomic mass is 15.1. The largest absolute Gasteiger partial charge is 0.385 e. The van der Waals surface area contributed by atoms with Gasteiger partial charge in [-0.15, -0.1) is 0 Å². The minimum Gasteiger partial charge on any atom is -0.385 e. The van der Waals surface area contributed by atoms with Gasteiger partial charge in [-0.05, 0) is 62.8 Å². The van der Waals surface area contributed by atoms with E-state index in [9.17, 15) is 0 Å². The molecule has 0 bridgehead atoms. The lowest BCUT2D eigenvalue weighted by molar-refractivity contribution is 0.300. The molecule has 0 aromatic heterocycles. The minimum atomic E-state index is 0.869. The topological polar surface area (TPSA) is 15.3 Å². The summed E-state index contributed by atoms with van der Waals surface area (Å²) in [4.78, 5) is 2.38. The molecule has 2 heteroatoms. The van der Waals surface area contributed by atoms with E-state index in [0.29, 0.717) is 0 Å². The molecule has 0 spiro atoms. The Balaban J connectivity index is 1.81. The van der Waals surface area contributed by atoms with Crippen LogP contribution >= 0.6 is 0 Å². The van der Waals surface area contributed by atoms with Crippen LogP contribution in [0.25, 0.3) is 0 Å². The van der Waals surface area contributed by atoms with Gasteiger partial charge in [-0.1, -0.05) is 19.8 Å². The van der Waals surface area contributed by atoms with E-state index in [2.05, 4.69) is 55.3 Å². The Hall–Kier alpha value is -1.18. The Morgan fingerprint density at radius 1 is 1.00 bits per heavy atom. The van der Waals surface area contributed by atoms with Crippen molar-refractivity contribution in [3.05, 3.63) is 24.3 Å². The highest BCUT2D eigenvalue weighted by molar-refractivity contribution is 5.55. The molecule has 0 radical (unpaired) electrons. The molecular formula is C18H30N2. The van der Waals surface area contributed by atoms with Gasteiger partial charge in [0, 0.05) is 31.0 Å². The molecule has 112 valence electrons. The van der Waals surface area contributed by atoms with Gasteiger partial charge in [0.05, 0.1) is 0 Å². The Bertz CT molecular complexity index is 373. The molecule has 1 N–H and O–H groups in total. The third-order valence-corrected chi connectivity index (χ3v) is 4.73. The Morgan fingerprint density at radius 3 is 2.15 bits per heavy atom. The van der Waals surface area contributed by atoms with Gasteiger partial charge in [-0.25, -0.2) is 0 Å². The molecule has 1 aromatic carbocycles. The van der Waals surface area contributed by atoms with Gasteiger partial charge >= 0.3 is 0 Å². The summed E-state index contributed by atoms with van der Waals surface area (Å²) >= 11 is 0. The van der Waals surface area contributed by atoms with Crippen LogP contribution < -0.4 is 10.2 Å². The Morgan fingerprint density at radius 2 is 1.60 bits per heavy atom. The van der Waals surface area contributed by atoms with Crippen LogP contribution in [0, 0.1) is 11.8 Å². The lowest BCUT2D eigenvalue weighted by Crippen LogP contribution is -2.22. The quantitative estimate of drug-likeness (QED) is 0.803. The molecule has 2 nitrogen and oxygen atoms in total. The van der Waals surface area contributed by atoms with Crippen molar-refractivity contribution in [3.8, 4) is 0 Å². The molecule has 0 amide bonds. The zero-order valence-corrected chi connectivity index (χ0v) is 13.4. The van der Waals surface area contributed by atoms with Crippen molar-refractivity contribution in [3.63, 3.8) is 0 Å². The number of anilines is 2. The first-order chi connectivity index (χ1) is 9.72. The number of nitrogens with one attached hydrogen (secondary N) is 1. The lowest BCUT2D eigenvalue weighted by Gasteiger charge is -2.26. The second-order valence-corrected chi connectivity index (χ2v) is 6.23. The van der Waals surface area contributed by atoms with Crippen molar-refractivity contribution in [2.75, 3.05) is 29.9 Å². The van der Waals surface area contributed by atoms with Crippen molar-refractivity contribution in [1.82, 2.24) is 0 Å². The molecular weight excluding hydrogens is 244 g/mol. The average molecular weight is 274 g/mol. The summed E-state index contributed by atoms with van der Waals surface area (Å²) in [6.07, 6.45) is 5.61. The van der Waals surface area contributed by atoms with Crippen LogP contribution in [0.3, 0.4) is 0 Å². The van der Waals surface area contributed by atoms with Gasteiger partial charge in [-0.3, -0.25) is 0 Å². The highest BCUT2D eigenvalue weighted by Crippen LogP contribution is 2.28. The number of hydrogen-bond acceptors (Lipinski definition) is 2. The van der Waals surface area contributed by atoms with Gasteiger partial charge in [0.15, 0.2) is 0 Å². The third-order valence-electron chi connectivity index (χ3n) is 4.73. The zero-order valence-electron chi connectivity index (χ0n) is 13.4. The first kappa shape index (κ1) is 15.2. The molecule has 0 saturated heterocycles. The summed E-state index contributed by atoms with van der Waals surface area (Å²) in [6.45, 7) is 10.1. The van der Waals surface area contributed by atoms with Crippen molar-refractivity contribution in [2.24, 2.45) is 11.8 Å². The molecule has 0 unspecified atom stereocenters. The van der Waals surface area contributed by atoms with Gasteiger partial charge in [-0.2, -0.15) is 0 Å². The fourth-order valence-corrected chi connectivity index (χ4v) is 3.17. The first-order valence-corrected chi connectivity index (χ1v) is 8.31. The van der Waals surface area contributed by atoms with E-state index in [4.69, 9.17) is 0 Å². The van der Waals surface area contributed by atoms with E-state index in [0.717, 1.165) is 31.5 Å². The molecule has 1 aliphatic carbocycles. The summed E-state index contributed by atoms with van der Waals surface area (Å²) in [5.74, 6) is 1.81. The summed E-state index contributed by atoms with van der Waals surface area (Å²) in [6, 6.07) is 8.91. The summed E-state index contributed by atoms with van der Waals surface area (Å²) in [5, 5.41) is 3.61. The lowest BCUT2D eigenvalue weighted by atomic mass is 9.83. The van der Waals surface area contributed by atoms with E-state index in [-0.39, 0.29) is 0 Å². The maximum atomic E-state index is 3.61. The van der Waals surface area contributed by atoms with Crippen LogP contribution in [-0.2, 0) is 0 Å².